The highest BCUT2D eigenvalue weighted by molar-refractivity contribution is 7.48. The van der Waals surface area contributed by atoms with Crippen molar-refractivity contribution < 1.29 is 18.1 Å². The van der Waals surface area contributed by atoms with Crippen molar-refractivity contribution >= 4 is 42.6 Å². The minimum Gasteiger partial charge on any atom is -0.287 e. The summed E-state index contributed by atoms with van der Waals surface area (Å²) in [6, 6.07) is 0. The zero-order valence-corrected chi connectivity index (χ0v) is 13.3. The van der Waals surface area contributed by atoms with E-state index in [1.54, 1.807) is 0 Å². The quantitative estimate of drug-likeness (QED) is 0.454. The van der Waals surface area contributed by atoms with Gasteiger partial charge in [-0.25, -0.2) is 9.09 Å². The fourth-order valence-electron chi connectivity index (χ4n) is 0.718. The average Bonchev–Trinajstić information content (AvgIpc) is 2.23. The highest BCUT2D eigenvalue weighted by Crippen LogP contribution is 2.56. The van der Waals surface area contributed by atoms with Crippen LogP contribution in [0.15, 0.2) is 0 Å². The largest absolute Gasteiger partial charge is 0.477 e. The summed E-state index contributed by atoms with van der Waals surface area (Å²) in [6.07, 6.45) is 1.33. The zero-order valence-electron chi connectivity index (χ0n) is 10.1. The summed E-state index contributed by atoms with van der Waals surface area (Å²) in [4.78, 5) is 0. The molecule has 0 fully saturated rings. The third-order valence-corrected chi connectivity index (χ3v) is 4.67. The molecule has 0 aliphatic carbocycles. The molecule has 0 heterocycles. The van der Waals surface area contributed by atoms with Gasteiger partial charge in [-0.05, 0) is 19.8 Å². The molecule has 4 nitrogen and oxygen atoms in total. The van der Waals surface area contributed by atoms with Crippen LogP contribution < -0.4 is 0 Å². The van der Waals surface area contributed by atoms with E-state index in [2.05, 4.69) is 0 Å². The van der Waals surface area contributed by atoms with Crippen molar-refractivity contribution in [1.82, 2.24) is 0 Å². The van der Waals surface area contributed by atoms with Gasteiger partial charge >= 0.3 is 7.82 Å². The molecular weight excluding hydrogens is 309 g/mol. The predicted molar refractivity (Wildman–Crippen MR) is 70.9 cm³/mol. The van der Waals surface area contributed by atoms with Crippen LogP contribution in [0.3, 0.4) is 0 Å². The lowest BCUT2D eigenvalue weighted by molar-refractivity contribution is 0.0902. The molecule has 104 valence electrons. The molecule has 0 rings (SSSR count). The van der Waals surface area contributed by atoms with Gasteiger partial charge in [0.1, 0.15) is 0 Å². The Kier molecular flexibility index (Phi) is 8.68. The fraction of sp³-hybridized carbons (Fsp3) is 1.00. The van der Waals surface area contributed by atoms with Crippen molar-refractivity contribution in [1.29, 1.82) is 0 Å². The first kappa shape index (κ1) is 18.0. The van der Waals surface area contributed by atoms with Crippen LogP contribution in [0.25, 0.3) is 0 Å². The molecule has 0 radical (unpaired) electrons. The van der Waals surface area contributed by atoms with Gasteiger partial charge in [0.15, 0.2) is 0 Å². The maximum Gasteiger partial charge on any atom is 0.477 e. The Morgan fingerprint density at radius 3 is 1.88 bits per heavy atom. The molecule has 1 unspecified atom stereocenters. The highest BCUT2D eigenvalue weighted by Gasteiger charge is 2.42. The summed E-state index contributed by atoms with van der Waals surface area (Å²) in [5.74, 6) is 0. The first-order chi connectivity index (χ1) is 7.77. The smallest absolute Gasteiger partial charge is 0.287 e. The maximum absolute atomic E-state index is 12.2. The lowest BCUT2D eigenvalue weighted by atomic mass is 10.5. The molecule has 0 bridgehead atoms. The number of alkyl halides is 3. The monoisotopic (exact) mass is 326 g/mol. The van der Waals surface area contributed by atoms with Gasteiger partial charge in [0.2, 0.25) is 4.52 Å². The standard InChI is InChI=1S/C9H18Cl3O4P/c1-4-6-14-17(13,15-7-5-2)16-9(11,12)8(3)10/h8H,4-7H2,1-3H3. The highest BCUT2D eigenvalue weighted by atomic mass is 35.5. The second-order valence-corrected chi connectivity index (χ2v) is 6.95. The molecule has 0 saturated heterocycles. The van der Waals surface area contributed by atoms with Gasteiger partial charge in [-0.2, -0.15) is 0 Å². The molecule has 0 aliphatic rings. The first-order valence-corrected chi connectivity index (χ1v) is 8.04. The number of phosphoric acid groups is 1. The number of rotatable bonds is 9. The molecule has 17 heavy (non-hydrogen) atoms. The molecule has 0 aromatic heterocycles. The summed E-state index contributed by atoms with van der Waals surface area (Å²) in [5.41, 5.74) is 0. The molecule has 0 amide bonds. The number of phosphoric ester groups is 1. The fourth-order valence-corrected chi connectivity index (χ4v) is 2.78. The molecule has 0 aromatic carbocycles. The van der Waals surface area contributed by atoms with Gasteiger partial charge in [0.05, 0.1) is 18.6 Å². The average molecular weight is 328 g/mol. The summed E-state index contributed by atoms with van der Waals surface area (Å²) < 4.78 is 25.4. The van der Waals surface area contributed by atoms with E-state index in [1.165, 1.54) is 6.92 Å². The van der Waals surface area contributed by atoms with E-state index >= 15 is 0 Å². The van der Waals surface area contributed by atoms with Gasteiger partial charge in [0.25, 0.3) is 0 Å². The SMILES string of the molecule is CCCOP(=O)(OCCC)OC(Cl)(Cl)C(C)Cl. The van der Waals surface area contributed by atoms with E-state index in [9.17, 15) is 4.57 Å². The number of hydrogen-bond donors (Lipinski definition) is 0. The van der Waals surface area contributed by atoms with Crippen molar-refractivity contribution in [2.45, 2.75) is 43.5 Å². The van der Waals surface area contributed by atoms with E-state index in [-0.39, 0.29) is 13.2 Å². The third kappa shape index (κ3) is 7.22. The minimum atomic E-state index is -3.78. The molecular formula is C9H18Cl3O4P. The van der Waals surface area contributed by atoms with Crippen molar-refractivity contribution in [2.75, 3.05) is 13.2 Å². The Morgan fingerprint density at radius 2 is 1.59 bits per heavy atom. The van der Waals surface area contributed by atoms with Crippen molar-refractivity contribution in [3.8, 4) is 0 Å². The molecule has 1 atom stereocenters. The lowest BCUT2D eigenvalue weighted by Gasteiger charge is -2.27. The van der Waals surface area contributed by atoms with Gasteiger partial charge in [0, 0.05) is 0 Å². The Labute approximate surface area is 117 Å². The van der Waals surface area contributed by atoms with E-state index in [0.717, 1.165) is 0 Å². The second kappa shape index (κ2) is 8.21. The topological polar surface area (TPSA) is 44.8 Å². The summed E-state index contributed by atoms with van der Waals surface area (Å²) in [5, 5.41) is -0.769. The van der Waals surface area contributed by atoms with E-state index in [4.69, 9.17) is 48.4 Å². The molecule has 0 aromatic rings. The van der Waals surface area contributed by atoms with Gasteiger partial charge in [-0.15, -0.1) is 11.6 Å². The lowest BCUT2D eigenvalue weighted by Crippen LogP contribution is -2.27. The van der Waals surface area contributed by atoms with E-state index in [1.807, 2.05) is 13.8 Å². The maximum atomic E-state index is 12.2. The Morgan fingerprint density at radius 1 is 1.18 bits per heavy atom. The summed E-state index contributed by atoms with van der Waals surface area (Å²) in [7, 11) is -3.78. The van der Waals surface area contributed by atoms with Crippen LogP contribution in [-0.2, 0) is 18.1 Å². The van der Waals surface area contributed by atoms with Gasteiger partial charge in [-0.3, -0.25) is 9.05 Å². The van der Waals surface area contributed by atoms with Crippen LogP contribution >= 0.6 is 42.6 Å². The van der Waals surface area contributed by atoms with Crippen molar-refractivity contribution in [3.63, 3.8) is 0 Å². The van der Waals surface area contributed by atoms with Crippen molar-refractivity contribution in [2.24, 2.45) is 0 Å². The van der Waals surface area contributed by atoms with E-state index < -0.39 is 17.7 Å². The predicted octanol–water partition coefficient (Wildman–Crippen LogP) is 4.72. The van der Waals surface area contributed by atoms with Crippen LogP contribution in [0.2, 0.25) is 0 Å². The minimum absolute atomic E-state index is 0.224. The van der Waals surface area contributed by atoms with E-state index in [0.29, 0.717) is 12.8 Å². The van der Waals surface area contributed by atoms with Crippen LogP contribution in [0.4, 0.5) is 0 Å². The summed E-state index contributed by atoms with van der Waals surface area (Å²) >= 11 is 17.3. The van der Waals surface area contributed by atoms with Gasteiger partial charge in [-0.1, -0.05) is 37.0 Å². The number of halogens is 3. The third-order valence-electron chi connectivity index (χ3n) is 1.60. The Bertz CT molecular complexity index is 249. The van der Waals surface area contributed by atoms with Crippen LogP contribution in [0.1, 0.15) is 33.6 Å². The molecule has 8 heteroatoms. The van der Waals surface area contributed by atoms with Crippen molar-refractivity contribution in [3.05, 3.63) is 0 Å². The second-order valence-electron chi connectivity index (χ2n) is 3.38. The molecule has 0 N–H and O–H groups in total. The number of hydrogen-bond acceptors (Lipinski definition) is 4. The Hall–Kier alpha value is 0.980. The summed E-state index contributed by atoms with van der Waals surface area (Å²) in [6.45, 7) is 5.69. The van der Waals surface area contributed by atoms with Crippen LogP contribution in [0, 0.1) is 0 Å². The van der Waals surface area contributed by atoms with Crippen LogP contribution in [-0.4, -0.2) is 23.1 Å². The molecule has 0 saturated carbocycles. The normalized spacial score (nSPS) is 14.9. The van der Waals surface area contributed by atoms with Gasteiger partial charge < -0.3 is 0 Å². The molecule has 0 aliphatic heterocycles. The first-order valence-electron chi connectivity index (χ1n) is 5.39. The van der Waals surface area contributed by atoms with Crippen LogP contribution in [0.5, 0.6) is 0 Å². The molecule has 0 spiro atoms. The zero-order chi connectivity index (χ0) is 13.5. The Balaban J connectivity index is 4.62.